The summed E-state index contributed by atoms with van der Waals surface area (Å²) in [5.74, 6) is 1.09. The highest BCUT2D eigenvalue weighted by Gasteiger charge is 2.10. The molecule has 0 unspecified atom stereocenters. The summed E-state index contributed by atoms with van der Waals surface area (Å²) in [6.07, 6.45) is 4.94. The molecule has 1 aromatic rings. The van der Waals surface area contributed by atoms with E-state index < -0.39 is 0 Å². The molecule has 1 heterocycles. The summed E-state index contributed by atoms with van der Waals surface area (Å²) in [7, 11) is 0. The molecule has 72 valence electrons. The average Bonchev–Trinajstić information content (AvgIpc) is 2.54. The van der Waals surface area contributed by atoms with Gasteiger partial charge in [-0.25, -0.2) is 9.13 Å². The van der Waals surface area contributed by atoms with Gasteiger partial charge in [-0.1, -0.05) is 0 Å². The summed E-state index contributed by atoms with van der Waals surface area (Å²) in [5.41, 5.74) is 0. The molecule has 1 rings (SSSR count). The van der Waals surface area contributed by atoms with Crippen molar-refractivity contribution in [3.05, 3.63) is 18.2 Å². The van der Waals surface area contributed by atoms with Gasteiger partial charge in [-0.3, -0.25) is 0 Å². The molecule has 0 aromatic carbocycles. The summed E-state index contributed by atoms with van der Waals surface area (Å²) in [6.45, 7) is 3.44. The van der Waals surface area contributed by atoms with Crippen LogP contribution in [0, 0.1) is 29.6 Å². The fraction of sp³-hybridized carbons (Fsp3) is 0.500. The van der Waals surface area contributed by atoms with Gasteiger partial charge in [-0.2, -0.15) is 10.5 Å². The standard InChI is InChI=1S/C10H13N4/c1-10-13(6-2-4-11)8-9-14(10)7-3-5-12/h8-9H,2-3,6-7H2,1H3/q+1. The summed E-state index contributed by atoms with van der Waals surface area (Å²) in [5, 5.41) is 16.9. The largest absolute Gasteiger partial charge is 0.253 e. The number of nitriles is 2. The second-order valence-electron chi connectivity index (χ2n) is 3.05. The van der Waals surface area contributed by atoms with E-state index >= 15 is 0 Å². The van der Waals surface area contributed by atoms with E-state index in [1.54, 1.807) is 0 Å². The van der Waals surface area contributed by atoms with Gasteiger partial charge in [0.25, 0.3) is 5.82 Å². The van der Waals surface area contributed by atoms with Crippen LogP contribution in [0.4, 0.5) is 0 Å². The third-order valence-electron chi connectivity index (χ3n) is 2.19. The molecule has 0 aliphatic rings. The Balaban J connectivity index is 2.67. The van der Waals surface area contributed by atoms with Crippen LogP contribution < -0.4 is 4.57 Å². The Hall–Kier alpha value is -1.81. The third kappa shape index (κ3) is 2.34. The van der Waals surface area contributed by atoms with E-state index in [-0.39, 0.29) is 0 Å². The Morgan fingerprint density at radius 2 is 2.07 bits per heavy atom. The smallest absolute Gasteiger partial charge is 0.233 e. The molecule has 4 heteroatoms. The number of aryl methyl sites for hydroxylation is 2. The van der Waals surface area contributed by atoms with Crippen molar-refractivity contribution in [3.63, 3.8) is 0 Å². The van der Waals surface area contributed by atoms with E-state index in [4.69, 9.17) is 10.5 Å². The predicted octanol–water partition coefficient (Wildman–Crippen LogP) is 0.911. The van der Waals surface area contributed by atoms with Crippen LogP contribution in [-0.2, 0) is 13.1 Å². The SMILES string of the molecule is Cc1n(CCC#N)cc[n+]1CCC#N. The third-order valence-corrected chi connectivity index (χ3v) is 2.19. The van der Waals surface area contributed by atoms with Gasteiger partial charge in [-0.15, -0.1) is 0 Å². The summed E-state index contributed by atoms with van der Waals surface area (Å²) < 4.78 is 4.06. The lowest BCUT2D eigenvalue weighted by atomic mass is 10.4. The van der Waals surface area contributed by atoms with Crippen molar-refractivity contribution in [2.24, 2.45) is 0 Å². The molecular formula is C10H13N4+. The molecule has 0 fully saturated rings. The maximum Gasteiger partial charge on any atom is 0.253 e. The van der Waals surface area contributed by atoms with Crippen LogP contribution in [0.5, 0.6) is 0 Å². The number of hydrogen-bond acceptors (Lipinski definition) is 2. The van der Waals surface area contributed by atoms with Crippen LogP contribution in [0.25, 0.3) is 0 Å². The highest BCUT2D eigenvalue weighted by atomic mass is 15.1. The molecule has 0 N–H and O–H groups in total. The molecule has 0 aliphatic carbocycles. The number of aromatic nitrogens is 2. The molecule has 14 heavy (non-hydrogen) atoms. The fourth-order valence-electron chi connectivity index (χ4n) is 1.36. The maximum atomic E-state index is 8.45. The Kier molecular flexibility index (Phi) is 3.69. The first-order valence-electron chi connectivity index (χ1n) is 4.58. The topological polar surface area (TPSA) is 56.4 Å². The first kappa shape index (κ1) is 10.3. The van der Waals surface area contributed by atoms with Gasteiger partial charge in [-0.05, 0) is 0 Å². The molecule has 0 bridgehead atoms. The van der Waals surface area contributed by atoms with Crippen LogP contribution in [0.15, 0.2) is 12.4 Å². The summed E-state index contributed by atoms with van der Waals surface area (Å²) in [6, 6.07) is 4.23. The lowest BCUT2D eigenvalue weighted by molar-refractivity contribution is -0.701. The van der Waals surface area contributed by atoms with E-state index in [0.29, 0.717) is 12.8 Å². The van der Waals surface area contributed by atoms with Crippen molar-refractivity contribution in [2.45, 2.75) is 32.9 Å². The van der Waals surface area contributed by atoms with Gasteiger partial charge >= 0.3 is 0 Å². The zero-order chi connectivity index (χ0) is 10.4. The van der Waals surface area contributed by atoms with Gasteiger partial charge in [0, 0.05) is 6.92 Å². The number of imidazole rings is 1. The van der Waals surface area contributed by atoms with Gasteiger partial charge in [0.15, 0.2) is 0 Å². The number of hydrogen-bond donors (Lipinski definition) is 0. The molecule has 1 aromatic heterocycles. The van der Waals surface area contributed by atoms with Crippen molar-refractivity contribution >= 4 is 0 Å². The average molecular weight is 189 g/mol. The van der Waals surface area contributed by atoms with E-state index in [1.165, 1.54) is 0 Å². The Bertz CT molecular complexity index is 342. The molecule has 0 atom stereocenters. The Labute approximate surface area is 83.6 Å². The molecule has 4 nitrogen and oxygen atoms in total. The second kappa shape index (κ2) is 5.04. The zero-order valence-corrected chi connectivity index (χ0v) is 8.27. The van der Waals surface area contributed by atoms with E-state index in [0.717, 1.165) is 18.9 Å². The second-order valence-corrected chi connectivity index (χ2v) is 3.05. The van der Waals surface area contributed by atoms with Gasteiger partial charge in [0.1, 0.15) is 25.5 Å². The molecule has 0 radical (unpaired) electrons. The summed E-state index contributed by atoms with van der Waals surface area (Å²) in [4.78, 5) is 0. The fourth-order valence-corrected chi connectivity index (χ4v) is 1.36. The Morgan fingerprint density at radius 3 is 2.71 bits per heavy atom. The number of nitrogens with zero attached hydrogens (tertiary/aromatic N) is 4. The minimum absolute atomic E-state index is 0.522. The highest BCUT2D eigenvalue weighted by molar-refractivity contribution is 4.82. The van der Waals surface area contributed by atoms with E-state index in [9.17, 15) is 0 Å². The molecule has 0 aliphatic heterocycles. The predicted molar refractivity (Wildman–Crippen MR) is 49.8 cm³/mol. The zero-order valence-electron chi connectivity index (χ0n) is 8.27. The van der Waals surface area contributed by atoms with Crippen LogP contribution in [-0.4, -0.2) is 4.57 Å². The highest BCUT2D eigenvalue weighted by Crippen LogP contribution is 1.96. The Morgan fingerprint density at radius 1 is 1.36 bits per heavy atom. The molecule has 0 amide bonds. The van der Waals surface area contributed by atoms with Crippen molar-refractivity contribution in [3.8, 4) is 12.1 Å². The monoisotopic (exact) mass is 189 g/mol. The van der Waals surface area contributed by atoms with Gasteiger partial charge in [0.05, 0.1) is 25.0 Å². The lowest BCUT2D eigenvalue weighted by Gasteiger charge is -1.96. The molecule has 0 spiro atoms. The van der Waals surface area contributed by atoms with Crippen LogP contribution in [0.1, 0.15) is 18.7 Å². The van der Waals surface area contributed by atoms with Crippen LogP contribution in [0.3, 0.4) is 0 Å². The van der Waals surface area contributed by atoms with Gasteiger partial charge in [0.2, 0.25) is 0 Å². The molecular weight excluding hydrogens is 176 g/mol. The van der Waals surface area contributed by atoms with E-state index in [2.05, 4.69) is 12.1 Å². The van der Waals surface area contributed by atoms with E-state index in [1.807, 2.05) is 28.5 Å². The number of rotatable bonds is 4. The van der Waals surface area contributed by atoms with Crippen LogP contribution in [0.2, 0.25) is 0 Å². The maximum absolute atomic E-state index is 8.45. The van der Waals surface area contributed by atoms with Gasteiger partial charge < -0.3 is 0 Å². The minimum Gasteiger partial charge on any atom is -0.233 e. The molecule has 0 saturated heterocycles. The normalized spacial score (nSPS) is 9.36. The van der Waals surface area contributed by atoms with Crippen molar-refractivity contribution in [1.82, 2.24) is 4.57 Å². The molecule has 0 saturated carbocycles. The van der Waals surface area contributed by atoms with Crippen molar-refractivity contribution in [1.29, 1.82) is 10.5 Å². The minimum atomic E-state index is 0.522. The van der Waals surface area contributed by atoms with Crippen molar-refractivity contribution < 1.29 is 4.57 Å². The lowest BCUT2D eigenvalue weighted by Crippen LogP contribution is -2.35. The first-order chi connectivity index (χ1) is 6.79. The first-order valence-corrected chi connectivity index (χ1v) is 4.58. The summed E-state index contributed by atoms with van der Waals surface area (Å²) >= 11 is 0. The quantitative estimate of drug-likeness (QED) is 0.661. The van der Waals surface area contributed by atoms with Crippen LogP contribution >= 0.6 is 0 Å². The van der Waals surface area contributed by atoms with Crippen molar-refractivity contribution in [2.75, 3.05) is 0 Å².